The normalized spacial score (nSPS) is 27.7. The van der Waals surface area contributed by atoms with E-state index in [9.17, 15) is 4.79 Å². The zero-order valence-electron chi connectivity index (χ0n) is 10.3. The van der Waals surface area contributed by atoms with Crippen LogP contribution in [-0.4, -0.2) is 23.4 Å². The van der Waals surface area contributed by atoms with Crippen molar-refractivity contribution < 1.29 is 9.90 Å². The second kappa shape index (κ2) is 6.23. The first-order valence-corrected chi connectivity index (χ1v) is 6.43. The molecule has 3 heteroatoms. The van der Waals surface area contributed by atoms with Crippen LogP contribution in [0.5, 0.6) is 0 Å². The molecule has 1 rings (SSSR count). The van der Waals surface area contributed by atoms with Crippen molar-refractivity contribution in [2.75, 3.05) is 12.5 Å². The molecular formula is C14H19ClO2. The highest BCUT2D eigenvalue weighted by molar-refractivity contribution is 6.19. The number of hydrogen-bond acceptors (Lipinski definition) is 2. The van der Waals surface area contributed by atoms with Gasteiger partial charge >= 0.3 is 0 Å². The van der Waals surface area contributed by atoms with Gasteiger partial charge in [-0.05, 0) is 18.8 Å². The van der Waals surface area contributed by atoms with Crippen LogP contribution in [0.2, 0.25) is 0 Å². The average Bonchev–Trinajstić information content (AvgIpc) is 2.57. The molecule has 0 aromatic carbocycles. The summed E-state index contributed by atoms with van der Waals surface area (Å²) in [6.07, 6.45) is 2.52. The van der Waals surface area contributed by atoms with Crippen molar-refractivity contribution in [3.63, 3.8) is 0 Å². The Morgan fingerprint density at radius 3 is 2.94 bits per heavy atom. The van der Waals surface area contributed by atoms with Gasteiger partial charge in [0.15, 0.2) is 0 Å². The molecule has 1 aliphatic rings. The van der Waals surface area contributed by atoms with Crippen LogP contribution >= 0.6 is 11.6 Å². The van der Waals surface area contributed by atoms with E-state index in [-0.39, 0.29) is 18.3 Å². The van der Waals surface area contributed by atoms with Crippen molar-refractivity contribution >= 4 is 17.4 Å². The number of Topliss-reactive ketones (excluding diaryl/α,β-unsaturated/α-hetero) is 1. The summed E-state index contributed by atoms with van der Waals surface area (Å²) in [5, 5.41) is 8.96. The van der Waals surface area contributed by atoms with E-state index >= 15 is 0 Å². The molecule has 0 spiro atoms. The maximum atomic E-state index is 12.0. The molecule has 0 radical (unpaired) electrons. The molecule has 0 aromatic rings. The number of carbonyl (C=O) groups is 1. The second-order valence-corrected chi connectivity index (χ2v) is 4.99. The molecule has 1 aliphatic carbocycles. The minimum Gasteiger partial charge on any atom is -0.396 e. The molecule has 0 amide bonds. The summed E-state index contributed by atoms with van der Waals surface area (Å²) >= 11 is 5.51. The average molecular weight is 255 g/mol. The van der Waals surface area contributed by atoms with E-state index in [1.165, 1.54) is 0 Å². The van der Waals surface area contributed by atoms with Gasteiger partial charge in [0.05, 0.1) is 5.88 Å². The van der Waals surface area contributed by atoms with E-state index in [4.69, 9.17) is 16.7 Å². The first kappa shape index (κ1) is 14.3. The molecule has 0 saturated heterocycles. The third-order valence-corrected chi connectivity index (χ3v) is 3.77. The highest BCUT2D eigenvalue weighted by Crippen LogP contribution is 2.46. The fourth-order valence-corrected chi connectivity index (χ4v) is 2.66. The maximum Gasteiger partial charge on any atom is 0.140 e. The van der Waals surface area contributed by atoms with Crippen LogP contribution in [0.25, 0.3) is 0 Å². The Kier molecular flexibility index (Phi) is 5.24. The highest BCUT2D eigenvalue weighted by Gasteiger charge is 2.46. The van der Waals surface area contributed by atoms with Crippen molar-refractivity contribution in [2.24, 2.45) is 11.3 Å². The summed E-state index contributed by atoms with van der Waals surface area (Å²) in [5.74, 6) is 6.46. The number of aliphatic hydroxyl groups is 1. The molecule has 17 heavy (non-hydrogen) atoms. The van der Waals surface area contributed by atoms with Crippen molar-refractivity contribution in [1.82, 2.24) is 0 Å². The largest absolute Gasteiger partial charge is 0.396 e. The standard InChI is InChI=1S/C14H19ClO2/c1-11(7-10-16)12-5-6-13(17)14(12,2)8-3-4-9-15/h12,16H,1,5-10H2,2H3/t12-,14-/m0/s1. The van der Waals surface area contributed by atoms with Crippen molar-refractivity contribution in [3.8, 4) is 11.8 Å². The second-order valence-electron chi connectivity index (χ2n) is 4.73. The quantitative estimate of drug-likeness (QED) is 0.476. The van der Waals surface area contributed by atoms with Gasteiger partial charge < -0.3 is 5.11 Å². The Morgan fingerprint density at radius 1 is 1.65 bits per heavy atom. The van der Waals surface area contributed by atoms with Crippen LogP contribution in [0.15, 0.2) is 12.2 Å². The summed E-state index contributed by atoms with van der Waals surface area (Å²) in [4.78, 5) is 12.0. The zero-order valence-corrected chi connectivity index (χ0v) is 11.0. The number of alkyl halides is 1. The van der Waals surface area contributed by atoms with Gasteiger partial charge in [0, 0.05) is 24.9 Å². The summed E-state index contributed by atoms with van der Waals surface area (Å²) < 4.78 is 0. The Hall–Kier alpha value is -0.780. The summed E-state index contributed by atoms with van der Waals surface area (Å²) in [6, 6.07) is 0. The maximum absolute atomic E-state index is 12.0. The van der Waals surface area contributed by atoms with E-state index in [1.54, 1.807) is 0 Å². The van der Waals surface area contributed by atoms with Crippen LogP contribution in [0.4, 0.5) is 0 Å². The molecule has 2 nitrogen and oxygen atoms in total. The summed E-state index contributed by atoms with van der Waals surface area (Å²) in [7, 11) is 0. The smallest absolute Gasteiger partial charge is 0.140 e. The van der Waals surface area contributed by atoms with Gasteiger partial charge in [-0.25, -0.2) is 0 Å². The first-order valence-electron chi connectivity index (χ1n) is 5.89. The molecule has 0 heterocycles. The van der Waals surface area contributed by atoms with Gasteiger partial charge in [0.2, 0.25) is 0 Å². The SMILES string of the molecule is C=C(CCO)[C@@H]1CCC(=O)[C@@]1(C)CC#CCCl. The monoisotopic (exact) mass is 254 g/mol. The molecular weight excluding hydrogens is 236 g/mol. The lowest BCUT2D eigenvalue weighted by Crippen LogP contribution is -2.29. The van der Waals surface area contributed by atoms with Crippen molar-refractivity contribution in [1.29, 1.82) is 0 Å². The van der Waals surface area contributed by atoms with Gasteiger partial charge in [0.25, 0.3) is 0 Å². The molecule has 2 atom stereocenters. The highest BCUT2D eigenvalue weighted by atomic mass is 35.5. The number of rotatable bonds is 4. The Labute approximate surface area is 108 Å². The van der Waals surface area contributed by atoms with Gasteiger partial charge in [-0.2, -0.15) is 0 Å². The predicted octanol–water partition coefficient (Wildman–Crippen LogP) is 2.54. The van der Waals surface area contributed by atoms with Crippen LogP contribution in [0.1, 0.15) is 32.6 Å². The van der Waals surface area contributed by atoms with E-state index in [1.807, 2.05) is 6.92 Å². The molecule has 0 unspecified atom stereocenters. The molecule has 1 fully saturated rings. The molecule has 0 aliphatic heterocycles. The van der Waals surface area contributed by atoms with Crippen molar-refractivity contribution in [3.05, 3.63) is 12.2 Å². The van der Waals surface area contributed by atoms with E-state index in [2.05, 4.69) is 18.4 Å². The summed E-state index contributed by atoms with van der Waals surface area (Å²) in [5.41, 5.74) is 0.527. The molecule has 1 saturated carbocycles. The van der Waals surface area contributed by atoms with E-state index in [0.717, 1.165) is 12.0 Å². The number of halogens is 1. The number of carbonyl (C=O) groups excluding carboxylic acids is 1. The number of aliphatic hydroxyl groups excluding tert-OH is 1. The lowest BCUT2D eigenvalue weighted by Gasteiger charge is -2.29. The van der Waals surface area contributed by atoms with Crippen LogP contribution in [0.3, 0.4) is 0 Å². The Balaban J connectivity index is 2.83. The predicted molar refractivity (Wildman–Crippen MR) is 69.8 cm³/mol. The third-order valence-electron chi connectivity index (χ3n) is 3.64. The molecule has 1 N–H and O–H groups in total. The van der Waals surface area contributed by atoms with Gasteiger partial charge in [-0.15, -0.1) is 17.5 Å². The van der Waals surface area contributed by atoms with Crippen LogP contribution in [0, 0.1) is 23.2 Å². The van der Waals surface area contributed by atoms with Crippen molar-refractivity contribution in [2.45, 2.75) is 32.6 Å². The topological polar surface area (TPSA) is 37.3 Å². The van der Waals surface area contributed by atoms with Gasteiger partial charge in [-0.3, -0.25) is 4.79 Å². The molecule has 0 bridgehead atoms. The lowest BCUT2D eigenvalue weighted by atomic mass is 9.73. The minimum absolute atomic E-state index is 0.0902. The third kappa shape index (κ3) is 3.12. The minimum atomic E-state index is -0.439. The number of hydrogen-bond donors (Lipinski definition) is 1. The lowest BCUT2D eigenvalue weighted by molar-refractivity contribution is -0.125. The zero-order chi connectivity index (χ0) is 12.9. The van der Waals surface area contributed by atoms with Gasteiger partial charge in [0.1, 0.15) is 5.78 Å². The fraction of sp³-hybridized carbons (Fsp3) is 0.643. The Morgan fingerprint density at radius 2 is 2.35 bits per heavy atom. The number of ketones is 1. The molecule has 0 aromatic heterocycles. The van der Waals surface area contributed by atoms with Gasteiger partial charge in [-0.1, -0.05) is 25.0 Å². The Bertz CT molecular complexity index is 364. The fourth-order valence-electron chi connectivity index (χ4n) is 2.56. The molecule has 94 valence electrons. The van der Waals surface area contributed by atoms with Crippen LogP contribution < -0.4 is 0 Å². The first-order chi connectivity index (χ1) is 8.06. The van der Waals surface area contributed by atoms with E-state index in [0.29, 0.717) is 25.1 Å². The van der Waals surface area contributed by atoms with E-state index < -0.39 is 5.41 Å². The summed E-state index contributed by atoms with van der Waals surface area (Å²) in [6.45, 7) is 6.05. The van der Waals surface area contributed by atoms with Crippen LogP contribution in [-0.2, 0) is 4.79 Å².